The van der Waals surface area contributed by atoms with E-state index in [-0.39, 0.29) is 0 Å². The largest absolute Gasteiger partial charge is 0.492 e. The van der Waals surface area contributed by atoms with Gasteiger partial charge in [0.2, 0.25) is 0 Å². The molecule has 0 amide bonds. The normalized spacial score (nSPS) is 20.3. The Bertz CT molecular complexity index is 340. The quantitative estimate of drug-likeness (QED) is 0.835. The van der Waals surface area contributed by atoms with Crippen LogP contribution in [0.4, 0.5) is 0 Å². The summed E-state index contributed by atoms with van der Waals surface area (Å²) >= 11 is 6.13. The van der Waals surface area contributed by atoms with Gasteiger partial charge in [0.05, 0.1) is 11.6 Å². The smallest absolute Gasteiger partial charge is 0.142 e. The second-order valence-corrected chi connectivity index (χ2v) is 4.17. The van der Waals surface area contributed by atoms with Gasteiger partial charge in [-0.3, -0.25) is 0 Å². The third-order valence-electron chi connectivity index (χ3n) is 2.71. The molecule has 1 atom stereocenters. The van der Waals surface area contributed by atoms with Crippen molar-refractivity contribution in [3.63, 3.8) is 0 Å². The molecule has 0 radical (unpaired) electrons. The van der Waals surface area contributed by atoms with E-state index >= 15 is 0 Å². The molecule has 1 aliphatic heterocycles. The zero-order chi connectivity index (χ0) is 10.7. The molecule has 0 bridgehead atoms. The predicted octanol–water partition coefficient (Wildman–Crippen LogP) is 3.16. The van der Waals surface area contributed by atoms with Crippen molar-refractivity contribution < 1.29 is 4.74 Å². The lowest BCUT2D eigenvalue weighted by molar-refractivity contribution is 0.315. The first-order valence-electron chi connectivity index (χ1n) is 5.47. The Morgan fingerprint density at radius 2 is 2.40 bits per heavy atom. The Kier molecular flexibility index (Phi) is 3.49. The highest BCUT2D eigenvalue weighted by Crippen LogP contribution is 2.36. The fourth-order valence-electron chi connectivity index (χ4n) is 2.03. The van der Waals surface area contributed by atoms with Crippen LogP contribution >= 0.6 is 11.6 Å². The van der Waals surface area contributed by atoms with E-state index in [1.165, 1.54) is 5.56 Å². The van der Waals surface area contributed by atoms with Crippen LogP contribution in [0.15, 0.2) is 18.2 Å². The Balaban J connectivity index is 2.36. The van der Waals surface area contributed by atoms with Gasteiger partial charge in [0.15, 0.2) is 0 Å². The predicted molar refractivity (Wildman–Crippen MR) is 62.6 cm³/mol. The summed E-state index contributed by atoms with van der Waals surface area (Å²) in [7, 11) is 0. The van der Waals surface area contributed by atoms with Crippen LogP contribution in [0.5, 0.6) is 5.75 Å². The van der Waals surface area contributed by atoms with Crippen molar-refractivity contribution in [3.8, 4) is 5.75 Å². The molecule has 0 aliphatic carbocycles. The molecule has 1 aromatic carbocycles. The van der Waals surface area contributed by atoms with Gasteiger partial charge in [-0.25, -0.2) is 0 Å². The summed E-state index contributed by atoms with van der Waals surface area (Å²) in [5.74, 6) is 0.864. The van der Waals surface area contributed by atoms with Gasteiger partial charge in [0.25, 0.3) is 0 Å². The minimum Gasteiger partial charge on any atom is -0.492 e. The summed E-state index contributed by atoms with van der Waals surface area (Å²) in [5.41, 5.74) is 1.20. The SMILES string of the molecule is CCNC1CCCOc2c(Cl)cccc21. The molecule has 0 aromatic heterocycles. The Hall–Kier alpha value is -0.730. The Morgan fingerprint density at radius 3 is 3.20 bits per heavy atom. The molecule has 0 saturated carbocycles. The van der Waals surface area contributed by atoms with Crippen LogP contribution in [0.2, 0.25) is 5.02 Å². The molecule has 1 heterocycles. The number of hydrogen-bond donors (Lipinski definition) is 1. The molecule has 1 unspecified atom stereocenters. The maximum Gasteiger partial charge on any atom is 0.142 e. The molecular weight excluding hydrogens is 210 g/mol. The lowest BCUT2D eigenvalue weighted by atomic mass is 10.0. The van der Waals surface area contributed by atoms with E-state index in [1.54, 1.807) is 0 Å². The number of rotatable bonds is 2. The topological polar surface area (TPSA) is 21.3 Å². The van der Waals surface area contributed by atoms with Crippen molar-refractivity contribution in [2.24, 2.45) is 0 Å². The molecule has 0 fully saturated rings. The standard InChI is InChI=1S/C12H16ClNO/c1-2-14-11-7-4-8-15-12-9(11)5-3-6-10(12)13/h3,5-6,11,14H,2,4,7-8H2,1H3. The van der Waals surface area contributed by atoms with Gasteiger partial charge in [0, 0.05) is 11.6 Å². The fraction of sp³-hybridized carbons (Fsp3) is 0.500. The molecule has 15 heavy (non-hydrogen) atoms. The number of nitrogens with one attached hydrogen (secondary N) is 1. The molecule has 0 spiro atoms. The lowest BCUT2D eigenvalue weighted by Gasteiger charge is -2.17. The van der Waals surface area contributed by atoms with Crippen molar-refractivity contribution >= 4 is 11.6 Å². The van der Waals surface area contributed by atoms with Crippen molar-refractivity contribution in [3.05, 3.63) is 28.8 Å². The van der Waals surface area contributed by atoms with E-state index in [0.717, 1.165) is 36.8 Å². The van der Waals surface area contributed by atoms with E-state index in [4.69, 9.17) is 16.3 Å². The van der Waals surface area contributed by atoms with Crippen LogP contribution in [-0.2, 0) is 0 Å². The second kappa shape index (κ2) is 4.86. The first-order chi connectivity index (χ1) is 7.33. The van der Waals surface area contributed by atoms with E-state index in [0.29, 0.717) is 6.04 Å². The van der Waals surface area contributed by atoms with Crippen molar-refractivity contribution in [2.45, 2.75) is 25.8 Å². The van der Waals surface area contributed by atoms with Crippen molar-refractivity contribution in [1.29, 1.82) is 0 Å². The van der Waals surface area contributed by atoms with Crippen LogP contribution in [0.25, 0.3) is 0 Å². The highest BCUT2D eigenvalue weighted by Gasteiger charge is 2.20. The van der Waals surface area contributed by atoms with E-state index < -0.39 is 0 Å². The molecule has 2 rings (SSSR count). The van der Waals surface area contributed by atoms with E-state index in [1.807, 2.05) is 12.1 Å². The minimum absolute atomic E-state index is 0.381. The van der Waals surface area contributed by atoms with Gasteiger partial charge in [-0.05, 0) is 25.5 Å². The first kappa shape index (κ1) is 10.8. The summed E-state index contributed by atoms with van der Waals surface area (Å²) in [4.78, 5) is 0. The Morgan fingerprint density at radius 1 is 1.53 bits per heavy atom. The average molecular weight is 226 g/mol. The summed E-state index contributed by atoms with van der Waals surface area (Å²) in [6.45, 7) is 3.85. The second-order valence-electron chi connectivity index (χ2n) is 3.76. The third kappa shape index (κ3) is 2.27. The van der Waals surface area contributed by atoms with Gasteiger partial charge in [-0.1, -0.05) is 30.7 Å². The zero-order valence-electron chi connectivity index (χ0n) is 8.92. The van der Waals surface area contributed by atoms with Gasteiger partial charge in [0.1, 0.15) is 5.75 Å². The van der Waals surface area contributed by atoms with Gasteiger partial charge < -0.3 is 10.1 Å². The monoisotopic (exact) mass is 225 g/mol. The summed E-state index contributed by atoms with van der Waals surface area (Å²) in [5, 5.41) is 4.19. The van der Waals surface area contributed by atoms with Crippen LogP contribution in [0.3, 0.4) is 0 Å². The van der Waals surface area contributed by atoms with Gasteiger partial charge in [-0.15, -0.1) is 0 Å². The Labute approximate surface area is 95.6 Å². The molecule has 1 aliphatic rings. The first-order valence-corrected chi connectivity index (χ1v) is 5.85. The lowest BCUT2D eigenvalue weighted by Crippen LogP contribution is -2.20. The van der Waals surface area contributed by atoms with Gasteiger partial charge in [-0.2, -0.15) is 0 Å². The molecule has 2 nitrogen and oxygen atoms in total. The maximum absolute atomic E-state index is 6.13. The zero-order valence-corrected chi connectivity index (χ0v) is 9.68. The van der Waals surface area contributed by atoms with Crippen molar-refractivity contribution in [1.82, 2.24) is 5.32 Å². The molecular formula is C12H16ClNO. The molecule has 1 N–H and O–H groups in total. The molecule has 0 saturated heterocycles. The number of hydrogen-bond acceptors (Lipinski definition) is 2. The van der Waals surface area contributed by atoms with Crippen LogP contribution in [-0.4, -0.2) is 13.2 Å². The number of halogens is 1. The van der Waals surface area contributed by atoms with Gasteiger partial charge >= 0.3 is 0 Å². The van der Waals surface area contributed by atoms with E-state index in [9.17, 15) is 0 Å². The minimum atomic E-state index is 0.381. The van der Waals surface area contributed by atoms with Crippen molar-refractivity contribution in [2.75, 3.05) is 13.2 Å². The fourth-order valence-corrected chi connectivity index (χ4v) is 2.26. The molecule has 3 heteroatoms. The average Bonchev–Trinajstić information content (AvgIpc) is 2.43. The number of ether oxygens (including phenoxy) is 1. The van der Waals surface area contributed by atoms with E-state index in [2.05, 4.69) is 18.3 Å². The summed E-state index contributed by atoms with van der Waals surface area (Å²) in [6.07, 6.45) is 2.18. The highest BCUT2D eigenvalue weighted by atomic mass is 35.5. The summed E-state index contributed by atoms with van der Waals surface area (Å²) in [6, 6.07) is 6.35. The molecule has 1 aromatic rings. The summed E-state index contributed by atoms with van der Waals surface area (Å²) < 4.78 is 5.68. The highest BCUT2D eigenvalue weighted by molar-refractivity contribution is 6.32. The number of para-hydroxylation sites is 1. The number of benzene rings is 1. The van der Waals surface area contributed by atoms with Crippen LogP contribution in [0.1, 0.15) is 31.4 Å². The number of fused-ring (bicyclic) bond motifs is 1. The van der Waals surface area contributed by atoms with Crippen LogP contribution < -0.4 is 10.1 Å². The maximum atomic E-state index is 6.13. The van der Waals surface area contributed by atoms with Crippen LogP contribution in [0, 0.1) is 0 Å². The third-order valence-corrected chi connectivity index (χ3v) is 3.00. The molecule has 82 valence electrons.